The predicted molar refractivity (Wildman–Crippen MR) is 71.7 cm³/mol. The third kappa shape index (κ3) is 7.37. The summed E-state index contributed by atoms with van der Waals surface area (Å²) >= 11 is 0. The van der Waals surface area contributed by atoms with Crippen LogP contribution >= 0.6 is 0 Å². The Balaban J connectivity index is 1.93. The average molecular weight is 240 g/mol. The van der Waals surface area contributed by atoms with Crippen LogP contribution in [-0.4, -0.2) is 19.0 Å². The van der Waals surface area contributed by atoms with Crippen LogP contribution in [0.1, 0.15) is 64.2 Å². The van der Waals surface area contributed by atoms with Gasteiger partial charge < -0.3 is 11.1 Å². The standard InChI is InChI=1S/C14H28N2O/c15-10-6-1-2-7-11-16-14(17)12-13-8-4-3-5-9-13/h13H,1-12,15H2,(H,16,17). The molecular formula is C14H28N2O. The first-order valence-corrected chi connectivity index (χ1v) is 7.29. The molecule has 0 aromatic carbocycles. The lowest BCUT2D eigenvalue weighted by atomic mass is 9.87. The summed E-state index contributed by atoms with van der Waals surface area (Å²) in [6.07, 6.45) is 11.8. The van der Waals surface area contributed by atoms with E-state index in [4.69, 9.17) is 5.73 Å². The number of rotatable bonds is 8. The lowest BCUT2D eigenvalue weighted by Crippen LogP contribution is -2.27. The van der Waals surface area contributed by atoms with Gasteiger partial charge in [0.1, 0.15) is 0 Å². The van der Waals surface area contributed by atoms with Crippen LogP contribution < -0.4 is 11.1 Å². The van der Waals surface area contributed by atoms with Crippen molar-refractivity contribution in [3.05, 3.63) is 0 Å². The topological polar surface area (TPSA) is 55.1 Å². The Kier molecular flexibility index (Phi) is 8.06. The molecule has 0 unspecified atom stereocenters. The summed E-state index contributed by atoms with van der Waals surface area (Å²) in [5.74, 6) is 0.914. The normalized spacial score (nSPS) is 17.0. The average Bonchev–Trinajstić information content (AvgIpc) is 2.35. The van der Waals surface area contributed by atoms with Gasteiger partial charge in [0.15, 0.2) is 0 Å². The Morgan fingerprint density at radius 1 is 1.06 bits per heavy atom. The van der Waals surface area contributed by atoms with Crippen LogP contribution in [0.3, 0.4) is 0 Å². The van der Waals surface area contributed by atoms with E-state index in [-0.39, 0.29) is 5.91 Å². The monoisotopic (exact) mass is 240 g/mol. The highest BCUT2D eigenvalue weighted by molar-refractivity contribution is 5.76. The molecule has 0 aromatic rings. The van der Waals surface area contributed by atoms with E-state index in [0.29, 0.717) is 5.92 Å². The van der Waals surface area contributed by atoms with Gasteiger partial charge in [0.25, 0.3) is 0 Å². The van der Waals surface area contributed by atoms with Gasteiger partial charge in [0.2, 0.25) is 5.91 Å². The third-order valence-corrected chi connectivity index (χ3v) is 3.65. The van der Waals surface area contributed by atoms with E-state index in [9.17, 15) is 4.79 Å². The van der Waals surface area contributed by atoms with Gasteiger partial charge in [-0.1, -0.05) is 32.1 Å². The van der Waals surface area contributed by atoms with Gasteiger partial charge in [-0.05, 0) is 38.1 Å². The zero-order chi connectivity index (χ0) is 12.3. The SMILES string of the molecule is NCCCCCCNC(=O)CC1CCCCC1. The summed E-state index contributed by atoms with van der Waals surface area (Å²) in [5, 5.41) is 3.04. The molecule has 0 heterocycles. The van der Waals surface area contributed by atoms with E-state index in [1.165, 1.54) is 44.9 Å². The maximum absolute atomic E-state index is 11.7. The van der Waals surface area contributed by atoms with Gasteiger partial charge in [-0.3, -0.25) is 4.79 Å². The van der Waals surface area contributed by atoms with E-state index < -0.39 is 0 Å². The molecule has 1 amide bonds. The Bertz CT molecular complexity index is 200. The van der Waals surface area contributed by atoms with Gasteiger partial charge in [-0.25, -0.2) is 0 Å². The molecule has 1 aliphatic carbocycles. The summed E-state index contributed by atoms with van der Waals surface area (Å²) in [5.41, 5.74) is 5.43. The van der Waals surface area contributed by atoms with Gasteiger partial charge in [-0.15, -0.1) is 0 Å². The minimum absolute atomic E-state index is 0.260. The van der Waals surface area contributed by atoms with Crippen molar-refractivity contribution in [3.8, 4) is 0 Å². The molecule has 0 aliphatic heterocycles. The zero-order valence-electron chi connectivity index (χ0n) is 11.0. The van der Waals surface area contributed by atoms with Gasteiger partial charge in [0, 0.05) is 13.0 Å². The highest BCUT2D eigenvalue weighted by Gasteiger charge is 2.16. The Hall–Kier alpha value is -0.570. The maximum Gasteiger partial charge on any atom is 0.220 e. The van der Waals surface area contributed by atoms with E-state index in [0.717, 1.165) is 32.4 Å². The van der Waals surface area contributed by atoms with Crippen molar-refractivity contribution in [2.75, 3.05) is 13.1 Å². The summed E-state index contributed by atoms with van der Waals surface area (Å²) in [7, 11) is 0. The number of hydrogen-bond acceptors (Lipinski definition) is 2. The number of unbranched alkanes of at least 4 members (excludes halogenated alkanes) is 3. The molecule has 17 heavy (non-hydrogen) atoms. The van der Waals surface area contributed by atoms with E-state index >= 15 is 0 Å². The summed E-state index contributed by atoms with van der Waals surface area (Å²) in [6, 6.07) is 0. The van der Waals surface area contributed by atoms with E-state index in [2.05, 4.69) is 5.32 Å². The molecule has 0 bridgehead atoms. The Morgan fingerprint density at radius 3 is 2.47 bits per heavy atom. The number of hydrogen-bond donors (Lipinski definition) is 2. The number of nitrogens with one attached hydrogen (secondary N) is 1. The lowest BCUT2D eigenvalue weighted by molar-refractivity contribution is -0.122. The van der Waals surface area contributed by atoms with E-state index in [1.54, 1.807) is 0 Å². The van der Waals surface area contributed by atoms with Crippen LogP contribution in [0.25, 0.3) is 0 Å². The molecule has 0 aromatic heterocycles. The fourth-order valence-corrected chi connectivity index (χ4v) is 2.58. The maximum atomic E-state index is 11.7. The molecule has 1 saturated carbocycles. The number of carbonyl (C=O) groups is 1. The van der Waals surface area contributed by atoms with Crippen molar-refractivity contribution >= 4 is 5.91 Å². The van der Waals surface area contributed by atoms with Crippen molar-refractivity contribution in [2.45, 2.75) is 64.2 Å². The van der Waals surface area contributed by atoms with Crippen LogP contribution in [0.15, 0.2) is 0 Å². The molecule has 3 heteroatoms. The fourth-order valence-electron chi connectivity index (χ4n) is 2.58. The van der Waals surface area contributed by atoms with Gasteiger partial charge in [-0.2, -0.15) is 0 Å². The summed E-state index contributed by atoms with van der Waals surface area (Å²) in [6.45, 7) is 1.63. The molecular weight excluding hydrogens is 212 g/mol. The first kappa shape index (κ1) is 14.5. The van der Waals surface area contributed by atoms with Crippen molar-refractivity contribution in [1.29, 1.82) is 0 Å². The predicted octanol–water partition coefficient (Wildman–Crippen LogP) is 2.59. The van der Waals surface area contributed by atoms with Crippen LogP contribution in [0.5, 0.6) is 0 Å². The molecule has 0 spiro atoms. The number of amides is 1. The molecule has 3 N–H and O–H groups in total. The van der Waals surface area contributed by atoms with Crippen molar-refractivity contribution in [3.63, 3.8) is 0 Å². The second-order valence-electron chi connectivity index (χ2n) is 5.26. The molecule has 0 radical (unpaired) electrons. The zero-order valence-corrected chi connectivity index (χ0v) is 11.0. The smallest absolute Gasteiger partial charge is 0.220 e. The Labute approximate surface area is 106 Å². The fraction of sp³-hybridized carbons (Fsp3) is 0.929. The molecule has 3 nitrogen and oxygen atoms in total. The first-order valence-electron chi connectivity index (χ1n) is 7.29. The van der Waals surface area contributed by atoms with Crippen molar-refractivity contribution in [1.82, 2.24) is 5.32 Å². The van der Waals surface area contributed by atoms with Crippen LogP contribution in [0.2, 0.25) is 0 Å². The summed E-state index contributed by atoms with van der Waals surface area (Å²) < 4.78 is 0. The molecule has 100 valence electrons. The quantitative estimate of drug-likeness (QED) is 0.641. The lowest BCUT2D eigenvalue weighted by Gasteiger charge is -2.20. The largest absolute Gasteiger partial charge is 0.356 e. The minimum atomic E-state index is 0.260. The van der Waals surface area contributed by atoms with Gasteiger partial charge in [0.05, 0.1) is 0 Å². The van der Waals surface area contributed by atoms with Crippen molar-refractivity contribution < 1.29 is 4.79 Å². The molecule has 0 saturated heterocycles. The van der Waals surface area contributed by atoms with Crippen LogP contribution in [0, 0.1) is 5.92 Å². The van der Waals surface area contributed by atoms with Gasteiger partial charge >= 0.3 is 0 Å². The first-order chi connectivity index (χ1) is 8.33. The summed E-state index contributed by atoms with van der Waals surface area (Å²) in [4.78, 5) is 11.7. The third-order valence-electron chi connectivity index (χ3n) is 3.65. The molecule has 1 aliphatic rings. The van der Waals surface area contributed by atoms with Crippen LogP contribution in [-0.2, 0) is 4.79 Å². The van der Waals surface area contributed by atoms with E-state index in [1.807, 2.05) is 0 Å². The highest BCUT2D eigenvalue weighted by Crippen LogP contribution is 2.25. The number of nitrogens with two attached hydrogens (primary N) is 1. The number of carbonyl (C=O) groups excluding carboxylic acids is 1. The molecule has 1 fully saturated rings. The molecule has 0 atom stereocenters. The Morgan fingerprint density at radius 2 is 1.76 bits per heavy atom. The van der Waals surface area contributed by atoms with Crippen LogP contribution in [0.4, 0.5) is 0 Å². The molecule has 1 rings (SSSR count). The highest BCUT2D eigenvalue weighted by atomic mass is 16.1. The second-order valence-corrected chi connectivity index (χ2v) is 5.26. The second kappa shape index (κ2) is 9.46. The van der Waals surface area contributed by atoms with Crippen molar-refractivity contribution in [2.24, 2.45) is 11.7 Å². The minimum Gasteiger partial charge on any atom is -0.356 e.